The zero-order valence-electron chi connectivity index (χ0n) is 13.7. The molecule has 0 bridgehead atoms. The van der Waals surface area contributed by atoms with Crippen LogP contribution in [0.5, 0.6) is 0 Å². The molecule has 2 aromatic carbocycles. The van der Waals surface area contributed by atoms with E-state index in [0.29, 0.717) is 11.3 Å². The summed E-state index contributed by atoms with van der Waals surface area (Å²) in [6, 6.07) is 19.2. The number of hydrogen-bond acceptors (Lipinski definition) is 2. The predicted molar refractivity (Wildman–Crippen MR) is 97.6 cm³/mol. The van der Waals surface area contributed by atoms with Crippen LogP contribution in [0, 0.1) is 13.8 Å². The molecule has 0 saturated heterocycles. The van der Waals surface area contributed by atoms with Gasteiger partial charge in [-0.05, 0) is 54.8 Å². The standard InChI is InChI=1S/C21H19NO2/c1-15-10-11-16(2)20(13-15)22-21(23)19(14-18-9-6-12-24-18)17-7-4-3-5-8-17/h3-14H,1-2H3,(H,22,23). The third-order valence-corrected chi connectivity index (χ3v) is 3.80. The highest BCUT2D eigenvalue weighted by Gasteiger charge is 2.14. The number of furan rings is 1. The second kappa shape index (κ2) is 7.01. The van der Waals surface area contributed by atoms with Crippen molar-refractivity contribution >= 4 is 23.2 Å². The van der Waals surface area contributed by atoms with E-state index < -0.39 is 0 Å². The summed E-state index contributed by atoms with van der Waals surface area (Å²) < 4.78 is 5.37. The van der Waals surface area contributed by atoms with Crippen molar-refractivity contribution in [3.05, 3.63) is 89.4 Å². The third kappa shape index (κ3) is 3.63. The normalized spacial score (nSPS) is 11.3. The first kappa shape index (κ1) is 15.8. The SMILES string of the molecule is Cc1ccc(C)c(NC(=O)C(=Cc2ccco2)c2ccccc2)c1. The Morgan fingerprint density at radius 1 is 1.00 bits per heavy atom. The number of carbonyl (C=O) groups excluding carboxylic acids is 1. The van der Waals surface area contributed by atoms with Gasteiger partial charge < -0.3 is 9.73 Å². The first-order valence-corrected chi connectivity index (χ1v) is 7.83. The molecule has 120 valence electrons. The predicted octanol–water partition coefficient (Wildman–Crippen LogP) is 5.08. The molecule has 3 rings (SSSR count). The van der Waals surface area contributed by atoms with Gasteiger partial charge in [-0.1, -0.05) is 42.5 Å². The van der Waals surface area contributed by atoms with Gasteiger partial charge >= 0.3 is 0 Å². The Morgan fingerprint density at radius 3 is 2.50 bits per heavy atom. The Labute approximate surface area is 141 Å². The minimum absolute atomic E-state index is 0.161. The molecule has 0 fully saturated rings. The van der Waals surface area contributed by atoms with Crippen LogP contribution in [0.25, 0.3) is 11.6 Å². The molecule has 0 atom stereocenters. The summed E-state index contributed by atoms with van der Waals surface area (Å²) in [7, 11) is 0. The molecule has 3 heteroatoms. The van der Waals surface area contributed by atoms with E-state index in [2.05, 4.69) is 5.32 Å². The van der Waals surface area contributed by atoms with Crippen molar-refractivity contribution in [2.45, 2.75) is 13.8 Å². The van der Waals surface area contributed by atoms with Crippen LogP contribution in [0.15, 0.2) is 71.3 Å². The summed E-state index contributed by atoms with van der Waals surface area (Å²) in [5.74, 6) is 0.483. The second-order valence-electron chi connectivity index (χ2n) is 5.71. The lowest BCUT2D eigenvalue weighted by atomic mass is 10.0. The molecule has 3 nitrogen and oxygen atoms in total. The van der Waals surface area contributed by atoms with E-state index in [1.165, 1.54) is 0 Å². The largest absolute Gasteiger partial charge is 0.465 e. The zero-order chi connectivity index (χ0) is 16.9. The van der Waals surface area contributed by atoms with Crippen molar-refractivity contribution in [1.82, 2.24) is 0 Å². The molecule has 0 saturated carbocycles. The number of anilines is 1. The highest BCUT2D eigenvalue weighted by atomic mass is 16.3. The summed E-state index contributed by atoms with van der Waals surface area (Å²) in [4.78, 5) is 12.9. The Bertz CT molecular complexity index is 862. The number of benzene rings is 2. The molecule has 1 aromatic heterocycles. The van der Waals surface area contributed by atoms with Crippen molar-refractivity contribution in [1.29, 1.82) is 0 Å². The van der Waals surface area contributed by atoms with Gasteiger partial charge in [0.2, 0.25) is 0 Å². The molecule has 0 unspecified atom stereocenters. The number of amides is 1. The van der Waals surface area contributed by atoms with E-state index >= 15 is 0 Å². The zero-order valence-corrected chi connectivity index (χ0v) is 13.7. The van der Waals surface area contributed by atoms with E-state index in [1.54, 1.807) is 18.4 Å². The molecule has 0 aliphatic rings. The van der Waals surface area contributed by atoms with Gasteiger partial charge in [0.1, 0.15) is 5.76 Å². The van der Waals surface area contributed by atoms with Crippen molar-refractivity contribution in [3.8, 4) is 0 Å². The van der Waals surface area contributed by atoms with Gasteiger partial charge in [-0.3, -0.25) is 4.79 Å². The lowest BCUT2D eigenvalue weighted by Gasteiger charge is -2.12. The van der Waals surface area contributed by atoms with Gasteiger partial charge in [-0.2, -0.15) is 0 Å². The van der Waals surface area contributed by atoms with Crippen LogP contribution in [0.3, 0.4) is 0 Å². The molecule has 0 aliphatic heterocycles. The topological polar surface area (TPSA) is 42.2 Å². The van der Waals surface area contributed by atoms with Gasteiger partial charge in [0.25, 0.3) is 5.91 Å². The molecule has 1 amide bonds. The van der Waals surface area contributed by atoms with Crippen molar-refractivity contribution in [2.75, 3.05) is 5.32 Å². The van der Waals surface area contributed by atoms with Crippen LogP contribution in [0.4, 0.5) is 5.69 Å². The van der Waals surface area contributed by atoms with Gasteiger partial charge in [0.05, 0.1) is 11.8 Å². The highest BCUT2D eigenvalue weighted by Crippen LogP contribution is 2.23. The van der Waals surface area contributed by atoms with Crippen LogP contribution in [-0.4, -0.2) is 5.91 Å². The molecule has 1 N–H and O–H groups in total. The fraction of sp³-hybridized carbons (Fsp3) is 0.0952. The highest BCUT2D eigenvalue weighted by molar-refractivity contribution is 6.29. The third-order valence-electron chi connectivity index (χ3n) is 3.80. The molecule has 24 heavy (non-hydrogen) atoms. The van der Waals surface area contributed by atoms with Crippen LogP contribution < -0.4 is 5.32 Å². The quantitative estimate of drug-likeness (QED) is 0.682. The van der Waals surface area contributed by atoms with E-state index in [0.717, 1.165) is 22.4 Å². The van der Waals surface area contributed by atoms with Gasteiger partial charge in [0.15, 0.2) is 0 Å². The Hall–Kier alpha value is -3.07. The minimum atomic E-state index is -0.161. The smallest absolute Gasteiger partial charge is 0.256 e. The molecule has 0 radical (unpaired) electrons. The molecule has 0 spiro atoms. The Morgan fingerprint density at radius 2 is 1.79 bits per heavy atom. The van der Waals surface area contributed by atoms with Crippen molar-refractivity contribution < 1.29 is 9.21 Å². The maximum absolute atomic E-state index is 12.9. The second-order valence-corrected chi connectivity index (χ2v) is 5.71. The summed E-state index contributed by atoms with van der Waals surface area (Å²) in [5.41, 5.74) is 4.36. The van der Waals surface area contributed by atoms with E-state index in [9.17, 15) is 4.79 Å². The first-order valence-electron chi connectivity index (χ1n) is 7.83. The maximum Gasteiger partial charge on any atom is 0.256 e. The Balaban J connectivity index is 1.96. The average Bonchev–Trinajstić information content (AvgIpc) is 3.10. The fourth-order valence-corrected chi connectivity index (χ4v) is 2.47. The van der Waals surface area contributed by atoms with Crippen molar-refractivity contribution in [3.63, 3.8) is 0 Å². The Kier molecular flexibility index (Phi) is 4.62. The maximum atomic E-state index is 12.9. The monoisotopic (exact) mass is 317 g/mol. The average molecular weight is 317 g/mol. The van der Waals surface area contributed by atoms with E-state index in [-0.39, 0.29) is 5.91 Å². The summed E-state index contributed by atoms with van der Waals surface area (Å²) >= 11 is 0. The van der Waals surface area contributed by atoms with E-state index in [4.69, 9.17) is 4.42 Å². The van der Waals surface area contributed by atoms with Gasteiger partial charge in [-0.25, -0.2) is 0 Å². The minimum Gasteiger partial charge on any atom is -0.465 e. The number of carbonyl (C=O) groups is 1. The van der Waals surface area contributed by atoms with Crippen LogP contribution >= 0.6 is 0 Å². The van der Waals surface area contributed by atoms with Crippen LogP contribution in [0.2, 0.25) is 0 Å². The number of nitrogens with one attached hydrogen (secondary N) is 1. The number of rotatable bonds is 4. The summed E-state index contributed by atoms with van der Waals surface area (Å²) in [5, 5.41) is 3.01. The molecule has 1 heterocycles. The first-order chi connectivity index (χ1) is 11.6. The van der Waals surface area contributed by atoms with Crippen LogP contribution in [0.1, 0.15) is 22.5 Å². The molecular weight excluding hydrogens is 298 g/mol. The summed E-state index contributed by atoms with van der Waals surface area (Å²) in [6.07, 6.45) is 3.35. The lowest BCUT2D eigenvalue weighted by molar-refractivity contribution is -0.111. The van der Waals surface area contributed by atoms with Crippen molar-refractivity contribution in [2.24, 2.45) is 0 Å². The van der Waals surface area contributed by atoms with E-state index in [1.807, 2.05) is 68.4 Å². The molecule has 0 aliphatic carbocycles. The molecule has 3 aromatic rings. The van der Waals surface area contributed by atoms with Crippen LogP contribution in [-0.2, 0) is 4.79 Å². The number of aryl methyl sites for hydroxylation is 2. The number of hydrogen-bond donors (Lipinski definition) is 1. The van der Waals surface area contributed by atoms with Gasteiger partial charge in [0, 0.05) is 5.69 Å². The lowest BCUT2D eigenvalue weighted by Crippen LogP contribution is -2.14. The fourth-order valence-electron chi connectivity index (χ4n) is 2.47. The molecular formula is C21H19NO2. The summed E-state index contributed by atoms with van der Waals surface area (Å²) in [6.45, 7) is 3.99. The van der Waals surface area contributed by atoms with Gasteiger partial charge in [-0.15, -0.1) is 0 Å².